The van der Waals surface area contributed by atoms with E-state index in [1.165, 1.54) is 12.0 Å². The predicted octanol–water partition coefficient (Wildman–Crippen LogP) is 4.80. The maximum atomic E-state index is 13.5. The van der Waals surface area contributed by atoms with Crippen molar-refractivity contribution in [3.8, 4) is 17.2 Å². The first-order chi connectivity index (χ1) is 20.3. The quantitative estimate of drug-likeness (QED) is 0.196. The van der Waals surface area contributed by atoms with Crippen LogP contribution in [0.4, 0.5) is 0 Å². The molecule has 0 saturated carbocycles. The van der Waals surface area contributed by atoms with Crippen molar-refractivity contribution in [2.24, 2.45) is 0 Å². The highest BCUT2D eigenvalue weighted by molar-refractivity contribution is 9.10. The van der Waals surface area contributed by atoms with E-state index >= 15 is 0 Å². The van der Waals surface area contributed by atoms with Gasteiger partial charge >= 0.3 is 0 Å². The van der Waals surface area contributed by atoms with Crippen LogP contribution in [0.2, 0.25) is 0 Å². The van der Waals surface area contributed by atoms with Crippen molar-refractivity contribution in [1.29, 1.82) is 0 Å². The molecule has 1 atom stereocenters. The van der Waals surface area contributed by atoms with Gasteiger partial charge in [0.1, 0.15) is 18.1 Å². The number of carbonyl (C=O) groups is 2. The van der Waals surface area contributed by atoms with E-state index in [9.17, 15) is 19.8 Å². The van der Waals surface area contributed by atoms with E-state index in [0.717, 1.165) is 24.2 Å². The van der Waals surface area contributed by atoms with Crippen LogP contribution in [0.3, 0.4) is 0 Å². The van der Waals surface area contributed by atoms with Crippen molar-refractivity contribution in [3.63, 3.8) is 0 Å². The summed E-state index contributed by atoms with van der Waals surface area (Å²) in [5.74, 6) is -1.09. The van der Waals surface area contributed by atoms with Crippen LogP contribution in [0.1, 0.15) is 28.3 Å². The number of ether oxygens (including phenoxy) is 3. The minimum absolute atomic E-state index is 0.0324. The van der Waals surface area contributed by atoms with Gasteiger partial charge in [0.05, 0.1) is 36.4 Å². The monoisotopic (exact) mass is 636 g/mol. The fourth-order valence-corrected chi connectivity index (χ4v) is 5.73. The number of likely N-dealkylation sites (tertiary alicyclic amines) is 1. The molecule has 1 unspecified atom stereocenters. The van der Waals surface area contributed by atoms with Crippen LogP contribution in [0.15, 0.2) is 70.7 Å². The predicted molar refractivity (Wildman–Crippen MR) is 161 cm³/mol. The molecule has 42 heavy (non-hydrogen) atoms. The van der Waals surface area contributed by atoms with Crippen molar-refractivity contribution in [1.82, 2.24) is 9.80 Å². The molecule has 0 radical (unpaired) electrons. The van der Waals surface area contributed by atoms with Gasteiger partial charge in [-0.25, -0.2) is 0 Å². The van der Waals surface area contributed by atoms with Gasteiger partial charge in [0.25, 0.3) is 11.7 Å². The number of hydrogen-bond acceptors (Lipinski definition) is 8. The van der Waals surface area contributed by atoms with Gasteiger partial charge in [-0.2, -0.15) is 0 Å². The number of phenols is 1. The summed E-state index contributed by atoms with van der Waals surface area (Å²) < 4.78 is 17.0. The van der Waals surface area contributed by atoms with Crippen molar-refractivity contribution >= 4 is 33.4 Å². The first-order valence-electron chi connectivity index (χ1n) is 13.7. The summed E-state index contributed by atoms with van der Waals surface area (Å²) in [5.41, 5.74) is 3.03. The number of aliphatic hydroxyl groups is 1. The number of carbonyl (C=O) groups excluding carboxylic acids is 2. The summed E-state index contributed by atoms with van der Waals surface area (Å²) in [6.07, 6.45) is 0. The second kappa shape index (κ2) is 13.0. The van der Waals surface area contributed by atoms with Gasteiger partial charge in [0, 0.05) is 31.7 Å². The Morgan fingerprint density at radius 1 is 1.05 bits per heavy atom. The fourth-order valence-electron chi connectivity index (χ4n) is 5.27. The molecule has 9 nitrogen and oxygen atoms in total. The Bertz CT molecular complexity index is 1500. The molecule has 10 heteroatoms. The Labute approximate surface area is 253 Å². The minimum atomic E-state index is -0.894. The fraction of sp³-hybridized carbons (Fsp3) is 0.312. The lowest BCUT2D eigenvalue weighted by Crippen LogP contribution is -2.42. The van der Waals surface area contributed by atoms with Gasteiger partial charge in [0.2, 0.25) is 0 Å². The number of morpholine rings is 1. The van der Waals surface area contributed by atoms with Gasteiger partial charge in [-0.05, 0) is 70.4 Å². The van der Waals surface area contributed by atoms with E-state index in [1.54, 1.807) is 36.4 Å². The van der Waals surface area contributed by atoms with Crippen molar-refractivity contribution in [3.05, 3.63) is 93.0 Å². The SMILES string of the molecule is COc1cc(C2/C(=C(\O)c3ccc(OCc4cccc(C)c4)cc3)C(=O)C(=O)N2CCN2CCOCC2)cc(Br)c1O. The number of aromatic hydroxyl groups is 1. The van der Waals surface area contributed by atoms with E-state index in [4.69, 9.17) is 14.2 Å². The molecule has 5 rings (SSSR count). The molecule has 2 heterocycles. The highest BCUT2D eigenvalue weighted by Crippen LogP contribution is 2.44. The average Bonchev–Trinajstić information content (AvgIpc) is 3.25. The number of amides is 1. The molecule has 0 aliphatic carbocycles. The molecule has 2 fully saturated rings. The molecule has 0 bridgehead atoms. The number of nitrogens with zero attached hydrogens (tertiary/aromatic N) is 2. The largest absolute Gasteiger partial charge is 0.507 e. The van der Waals surface area contributed by atoms with Crippen LogP contribution in [-0.4, -0.2) is 78.2 Å². The molecule has 0 aromatic heterocycles. The number of methoxy groups -OCH3 is 1. The number of rotatable bonds is 9. The molecular formula is C32H33BrN2O7. The lowest BCUT2D eigenvalue weighted by molar-refractivity contribution is -0.140. The highest BCUT2D eigenvalue weighted by atomic mass is 79.9. The number of benzene rings is 3. The summed E-state index contributed by atoms with van der Waals surface area (Å²) in [6.45, 7) is 5.88. The molecule has 3 aromatic rings. The number of hydrogen-bond donors (Lipinski definition) is 2. The molecule has 2 aliphatic rings. The van der Waals surface area contributed by atoms with Crippen LogP contribution in [0.5, 0.6) is 17.2 Å². The molecule has 1 amide bonds. The Morgan fingerprint density at radius 3 is 2.48 bits per heavy atom. The molecule has 3 aromatic carbocycles. The Morgan fingerprint density at radius 2 is 1.79 bits per heavy atom. The third kappa shape index (κ3) is 6.30. The average molecular weight is 638 g/mol. The molecule has 2 saturated heterocycles. The summed E-state index contributed by atoms with van der Waals surface area (Å²) in [6, 6.07) is 17.1. The number of aliphatic hydroxyl groups excluding tert-OH is 1. The van der Waals surface area contributed by atoms with Gasteiger partial charge in [-0.3, -0.25) is 14.5 Å². The van der Waals surface area contributed by atoms with E-state index in [2.05, 4.69) is 26.9 Å². The van der Waals surface area contributed by atoms with Crippen LogP contribution in [0, 0.1) is 6.92 Å². The van der Waals surface area contributed by atoms with E-state index < -0.39 is 17.7 Å². The number of phenolic OH excluding ortho intramolecular Hbond substituents is 1. The smallest absolute Gasteiger partial charge is 0.295 e. The number of aryl methyl sites for hydroxylation is 1. The molecule has 220 valence electrons. The number of ketones is 1. The zero-order valence-corrected chi connectivity index (χ0v) is 25.1. The summed E-state index contributed by atoms with van der Waals surface area (Å²) in [7, 11) is 1.42. The van der Waals surface area contributed by atoms with Gasteiger partial charge < -0.3 is 29.3 Å². The summed E-state index contributed by atoms with van der Waals surface area (Å²) in [5, 5.41) is 21.9. The molecule has 0 spiro atoms. The third-order valence-electron chi connectivity index (χ3n) is 7.50. The van der Waals surface area contributed by atoms with E-state index in [-0.39, 0.29) is 29.4 Å². The molecule has 2 aliphatic heterocycles. The lowest BCUT2D eigenvalue weighted by Gasteiger charge is -2.31. The van der Waals surface area contributed by atoms with Crippen molar-refractivity contribution in [2.45, 2.75) is 19.6 Å². The Hall–Kier alpha value is -3.86. The maximum Gasteiger partial charge on any atom is 0.295 e. The van der Waals surface area contributed by atoms with E-state index in [1.807, 2.05) is 25.1 Å². The Balaban J connectivity index is 1.47. The van der Waals surface area contributed by atoms with Gasteiger partial charge in [0.15, 0.2) is 11.5 Å². The van der Waals surface area contributed by atoms with Crippen LogP contribution in [-0.2, 0) is 20.9 Å². The van der Waals surface area contributed by atoms with Crippen LogP contribution in [0.25, 0.3) is 5.76 Å². The number of Topliss-reactive ketones (excluding diaryl/α,β-unsaturated/α-hetero) is 1. The standard InChI is InChI=1S/C32H33BrN2O7/c1-20-4-3-5-21(16-20)19-42-24-8-6-22(7-9-24)29(36)27-28(23-17-25(33)30(37)26(18-23)40-2)35(32(39)31(27)38)11-10-34-12-14-41-15-13-34/h3-9,16-18,28,36-37H,10-15,19H2,1-2H3/b29-27+. The molecule has 2 N–H and O–H groups in total. The summed E-state index contributed by atoms with van der Waals surface area (Å²) >= 11 is 3.35. The van der Waals surface area contributed by atoms with Crippen molar-refractivity contribution in [2.75, 3.05) is 46.5 Å². The second-order valence-electron chi connectivity index (χ2n) is 10.3. The Kier molecular flexibility index (Phi) is 9.15. The zero-order valence-electron chi connectivity index (χ0n) is 23.5. The minimum Gasteiger partial charge on any atom is -0.507 e. The first kappa shape index (κ1) is 29.6. The normalized spacial score (nSPS) is 18.8. The third-order valence-corrected chi connectivity index (χ3v) is 8.11. The van der Waals surface area contributed by atoms with Gasteiger partial charge in [-0.15, -0.1) is 0 Å². The zero-order chi connectivity index (χ0) is 29.8. The van der Waals surface area contributed by atoms with Crippen molar-refractivity contribution < 1.29 is 34.0 Å². The summed E-state index contributed by atoms with van der Waals surface area (Å²) in [4.78, 5) is 30.5. The molecular weight excluding hydrogens is 604 g/mol. The highest BCUT2D eigenvalue weighted by Gasteiger charge is 2.46. The van der Waals surface area contributed by atoms with Gasteiger partial charge in [-0.1, -0.05) is 29.8 Å². The first-order valence-corrected chi connectivity index (χ1v) is 14.5. The topological polar surface area (TPSA) is 109 Å². The lowest BCUT2D eigenvalue weighted by atomic mass is 9.95. The van der Waals surface area contributed by atoms with Crippen LogP contribution < -0.4 is 9.47 Å². The number of halogens is 1. The second-order valence-corrected chi connectivity index (χ2v) is 11.2. The van der Waals surface area contributed by atoms with Crippen LogP contribution >= 0.6 is 15.9 Å². The maximum absolute atomic E-state index is 13.5. The van der Waals surface area contributed by atoms with E-state index in [0.29, 0.717) is 47.7 Å².